The van der Waals surface area contributed by atoms with E-state index in [1.165, 1.54) is 6.39 Å². The van der Waals surface area contributed by atoms with Gasteiger partial charge in [0.25, 0.3) is 0 Å². The highest BCUT2D eigenvalue weighted by atomic mass is 35.5. The average Bonchev–Trinajstić information content (AvgIpc) is 2.79. The fourth-order valence-corrected chi connectivity index (χ4v) is 1.39. The minimum Gasteiger partial charge on any atom is -0.377 e. The zero-order valence-electron chi connectivity index (χ0n) is 9.05. The molecule has 0 radical (unpaired) electrons. The maximum absolute atomic E-state index is 5.85. The summed E-state index contributed by atoms with van der Waals surface area (Å²) in [6.07, 6.45) is 1.26. The Bertz CT molecular complexity index is 476. The number of hydrogen-bond donors (Lipinski definition) is 1. The van der Waals surface area contributed by atoms with E-state index < -0.39 is 0 Å². The topological polar surface area (TPSA) is 86.0 Å². The van der Waals surface area contributed by atoms with Gasteiger partial charge in [0, 0.05) is 13.2 Å². The van der Waals surface area contributed by atoms with Crippen LogP contribution in [-0.2, 0) is 17.9 Å². The van der Waals surface area contributed by atoms with Crippen molar-refractivity contribution in [1.82, 2.24) is 20.1 Å². The van der Waals surface area contributed by atoms with Crippen LogP contribution in [-0.4, -0.2) is 27.2 Å². The van der Waals surface area contributed by atoms with Crippen molar-refractivity contribution in [2.24, 2.45) is 0 Å². The SMILES string of the molecule is COCc1nc(Cl)cc(NCc2ncon2)n1. The first-order valence-electron chi connectivity index (χ1n) is 4.79. The molecule has 7 nitrogen and oxygen atoms in total. The number of hydrogen-bond acceptors (Lipinski definition) is 7. The van der Waals surface area contributed by atoms with Crippen LogP contribution in [0.5, 0.6) is 0 Å². The monoisotopic (exact) mass is 255 g/mol. The summed E-state index contributed by atoms with van der Waals surface area (Å²) in [6, 6.07) is 1.61. The van der Waals surface area contributed by atoms with Crippen LogP contribution in [0.4, 0.5) is 5.82 Å². The van der Waals surface area contributed by atoms with Gasteiger partial charge in [-0.2, -0.15) is 4.98 Å². The minimum absolute atomic E-state index is 0.303. The Morgan fingerprint density at radius 2 is 2.29 bits per heavy atom. The quantitative estimate of drug-likeness (QED) is 0.805. The molecule has 0 aliphatic carbocycles. The molecule has 1 N–H and O–H groups in total. The van der Waals surface area contributed by atoms with Crippen LogP contribution in [0.2, 0.25) is 5.15 Å². The molecule has 2 heterocycles. The number of rotatable bonds is 5. The lowest BCUT2D eigenvalue weighted by molar-refractivity contribution is 0.178. The normalized spacial score (nSPS) is 10.5. The lowest BCUT2D eigenvalue weighted by Crippen LogP contribution is -2.06. The largest absolute Gasteiger partial charge is 0.377 e. The molecule has 2 rings (SSSR count). The van der Waals surface area contributed by atoms with Crippen molar-refractivity contribution in [3.8, 4) is 0 Å². The number of aromatic nitrogens is 4. The third-order valence-corrected chi connectivity index (χ3v) is 2.04. The Balaban J connectivity index is 2.04. The molecular formula is C9H10ClN5O2. The summed E-state index contributed by atoms with van der Waals surface area (Å²) in [5, 5.41) is 7.02. The molecule has 0 aliphatic heterocycles. The summed E-state index contributed by atoms with van der Waals surface area (Å²) in [4.78, 5) is 12.1. The first-order chi connectivity index (χ1) is 8.28. The Labute approximate surface area is 102 Å². The maximum Gasteiger partial charge on any atom is 0.213 e. The van der Waals surface area contributed by atoms with Crippen LogP contribution >= 0.6 is 11.6 Å². The molecule has 8 heteroatoms. The molecule has 0 unspecified atom stereocenters. The summed E-state index contributed by atoms with van der Waals surface area (Å²) in [5.74, 6) is 1.63. The molecule has 0 atom stereocenters. The predicted molar refractivity (Wildman–Crippen MR) is 59.4 cm³/mol. The minimum atomic E-state index is 0.303. The Hall–Kier alpha value is -1.73. The van der Waals surface area contributed by atoms with Gasteiger partial charge in [0.2, 0.25) is 6.39 Å². The Morgan fingerprint density at radius 1 is 1.41 bits per heavy atom. The Kier molecular flexibility index (Phi) is 3.84. The van der Waals surface area contributed by atoms with Gasteiger partial charge < -0.3 is 14.6 Å². The summed E-state index contributed by atoms with van der Waals surface area (Å²) >= 11 is 5.85. The first kappa shape index (κ1) is 11.7. The van der Waals surface area contributed by atoms with Gasteiger partial charge >= 0.3 is 0 Å². The summed E-state index contributed by atoms with van der Waals surface area (Å²) < 4.78 is 9.55. The van der Waals surface area contributed by atoms with Gasteiger partial charge in [-0.05, 0) is 0 Å². The fourth-order valence-electron chi connectivity index (χ4n) is 1.19. The predicted octanol–water partition coefficient (Wildman–Crippen LogP) is 1.27. The van der Waals surface area contributed by atoms with Crippen LogP contribution in [0.1, 0.15) is 11.6 Å². The molecule has 2 aromatic rings. The van der Waals surface area contributed by atoms with Crippen molar-refractivity contribution >= 4 is 17.4 Å². The molecule has 0 bridgehead atoms. The van der Waals surface area contributed by atoms with Crippen LogP contribution in [0, 0.1) is 0 Å². The van der Waals surface area contributed by atoms with E-state index in [0.717, 1.165) is 0 Å². The van der Waals surface area contributed by atoms with Gasteiger partial charge in [0.05, 0.1) is 6.54 Å². The lowest BCUT2D eigenvalue weighted by Gasteiger charge is -2.05. The highest BCUT2D eigenvalue weighted by molar-refractivity contribution is 6.29. The van der Waals surface area contributed by atoms with Crippen molar-refractivity contribution in [3.63, 3.8) is 0 Å². The van der Waals surface area contributed by atoms with E-state index in [4.69, 9.17) is 16.3 Å². The van der Waals surface area contributed by atoms with E-state index in [1.54, 1.807) is 13.2 Å². The van der Waals surface area contributed by atoms with Crippen LogP contribution in [0.25, 0.3) is 0 Å². The van der Waals surface area contributed by atoms with Gasteiger partial charge in [-0.3, -0.25) is 0 Å². The molecule has 0 amide bonds. The molecule has 0 fully saturated rings. The second kappa shape index (κ2) is 5.55. The highest BCUT2D eigenvalue weighted by Crippen LogP contribution is 2.12. The molecule has 17 heavy (non-hydrogen) atoms. The molecule has 0 spiro atoms. The van der Waals surface area contributed by atoms with Gasteiger partial charge in [-0.25, -0.2) is 9.97 Å². The van der Waals surface area contributed by atoms with Crippen LogP contribution in [0.3, 0.4) is 0 Å². The van der Waals surface area contributed by atoms with E-state index in [0.29, 0.717) is 35.8 Å². The number of halogens is 1. The maximum atomic E-state index is 5.85. The molecule has 0 aliphatic rings. The van der Waals surface area contributed by atoms with Crippen LogP contribution < -0.4 is 5.32 Å². The van der Waals surface area contributed by atoms with Gasteiger partial charge in [-0.15, -0.1) is 0 Å². The van der Waals surface area contributed by atoms with Gasteiger partial charge in [0.15, 0.2) is 11.6 Å². The van der Waals surface area contributed by atoms with E-state index in [9.17, 15) is 0 Å². The highest BCUT2D eigenvalue weighted by Gasteiger charge is 2.04. The molecule has 0 saturated carbocycles. The summed E-state index contributed by atoms with van der Waals surface area (Å²) in [7, 11) is 1.57. The molecular weight excluding hydrogens is 246 g/mol. The van der Waals surface area contributed by atoms with Gasteiger partial charge in [0.1, 0.15) is 17.6 Å². The second-order valence-electron chi connectivity index (χ2n) is 3.13. The van der Waals surface area contributed by atoms with E-state index in [2.05, 4.69) is 29.9 Å². The zero-order valence-corrected chi connectivity index (χ0v) is 9.81. The average molecular weight is 256 g/mol. The van der Waals surface area contributed by atoms with Crippen molar-refractivity contribution in [2.75, 3.05) is 12.4 Å². The third-order valence-electron chi connectivity index (χ3n) is 1.85. The Morgan fingerprint density at radius 3 is 3.00 bits per heavy atom. The molecule has 0 saturated heterocycles. The van der Waals surface area contributed by atoms with E-state index in [-0.39, 0.29) is 0 Å². The summed E-state index contributed by atoms with van der Waals surface area (Å²) in [6.45, 7) is 0.702. The van der Waals surface area contributed by atoms with Crippen molar-refractivity contribution in [2.45, 2.75) is 13.2 Å². The van der Waals surface area contributed by atoms with Crippen LogP contribution in [0.15, 0.2) is 17.0 Å². The fraction of sp³-hybridized carbons (Fsp3) is 0.333. The standard InChI is InChI=1S/C9H10ClN5O2/c1-16-4-9-13-6(10)2-7(14-9)11-3-8-12-5-17-15-8/h2,5H,3-4H2,1H3,(H,11,13,14). The van der Waals surface area contributed by atoms with E-state index >= 15 is 0 Å². The van der Waals surface area contributed by atoms with E-state index in [1.807, 2.05) is 0 Å². The zero-order chi connectivity index (χ0) is 12.1. The summed E-state index contributed by atoms with van der Waals surface area (Å²) in [5.41, 5.74) is 0. The molecule has 0 aromatic carbocycles. The second-order valence-corrected chi connectivity index (χ2v) is 3.51. The number of nitrogens with one attached hydrogen (secondary N) is 1. The molecule has 90 valence electrons. The van der Waals surface area contributed by atoms with Crippen molar-refractivity contribution in [1.29, 1.82) is 0 Å². The third kappa shape index (κ3) is 3.36. The number of nitrogens with zero attached hydrogens (tertiary/aromatic N) is 4. The van der Waals surface area contributed by atoms with Gasteiger partial charge in [-0.1, -0.05) is 16.8 Å². The molecule has 2 aromatic heterocycles. The lowest BCUT2D eigenvalue weighted by atomic mass is 10.5. The van der Waals surface area contributed by atoms with Crippen molar-refractivity contribution in [3.05, 3.63) is 29.3 Å². The number of anilines is 1. The number of ether oxygens (including phenoxy) is 1. The smallest absolute Gasteiger partial charge is 0.213 e. The number of methoxy groups -OCH3 is 1. The van der Waals surface area contributed by atoms with Crippen molar-refractivity contribution < 1.29 is 9.26 Å². The first-order valence-corrected chi connectivity index (χ1v) is 5.17.